The molecule has 0 unspecified atom stereocenters. The third kappa shape index (κ3) is 3.83. The molecule has 2 aromatic rings. The summed E-state index contributed by atoms with van der Waals surface area (Å²) in [5, 5.41) is 3.19. The van der Waals surface area contributed by atoms with Crippen LogP contribution in [0.15, 0.2) is 46.9 Å². The molecule has 1 aliphatic rings. The minimum absolute atomic E-state index is 0.0119. The summed E-state index contributed by atoms with van der Waals surface area (Å²) in [6, 6.07) is 7.51. The van der Waals surface area contributed by atoms with E-state index in [1.807, 2.05) is 38.1 Å². The molecule has 136 valence electrons. The Bertz CT molecular complexity index is 892. The number of para-hydroxylation sites is 1. The van der Waals surface area contributed by atoms with Crippen LogP contribution in [0.2, 0.25) is 0 Å². The van der Waals surface area contributed by atoms with Gasteiger partial charge in [-0.05, 0) is 19.9 Å². The molecular formula is C19H21N3O3S. The fraction of sp³-hybridized carbons (Fsp3) is 0.316. The first-order chi connectivity index (χ1) is 12.5. The Morgan fingerprint density at radius 3 is 2.88 bits per heavy atom. The van der Waals surface area contributed by atoms with E-state index in [1.54, 1.807) is 6.08 Å². The number of aromatic amines is 1. The molecule has 1 amide bonds. The molecule has 26 heavy (non-hydrogen) atoms. The molecule has 3 rings (SSSR count). The summed E-state index contributed by atoms with van der Waals surface area (Å²) in [5.74, 6) is 1.05. The van der Waals surface area contributed by atoms with E-state index in [4.69, 9.17) is 4.74 Å². The zero-order valence-electron chi connectivity index (χ0n) is 14.7. The van der Waals surface area contributed by atoms with E-state index in [2.05, 4.69) is 21.9 Å². The van der Waals surface area contributed by atoms with Crippen LogP contribution in [-0.2, 0) is 4.79 Å². The first kappa shape index (κ1) is 18.3. The van der Waals surface area contributed by atoms with Crippen LogP contribution in [0.25, 0.3) is 0 Å². The van der Waals surface area contributed by atoms with Crippen molar-refractivity contribution < 1.29 is 9.53 Å². The Morgan fingerprint density at radius 1 is 1.38 bits per heavy atom. The lowest BCUT2D eigenvalue weighted by molar-refractivity contribution is -0.116. The molecule has 0 aliphatic carbocycles. The number of anilines is 1. The maximum atomic E-state index is 12.7. The Balaban J connectivity index is 2.08. The van der Waals surface area contributed by atoms with Gasteiger partial charge < -0.3 is 15.0 Å². The zero-order valence-corrected chi connectivity index (χ0v) is 15.6. The molecule has 6 nitrogen and oxygen atoms in total. The van der Waals surface area contributed by atoms with Crippen molar-refractivity contribution in [3.63, 3.8) is 0 Å². The summed E-state index contributed by atoms with van der Waals surface area (Å²) >= 11 is 1.36. The highest BCUT2D eigenvalue weighted by molar-refractivity contribution is 7.99. The van der Waals surface area contributed by atoms with Gasteiger partial charge in [-0.3, -0.25) is 9.59 Å². The number of ether oxygens (including phenoxy) is 1. The average Bonchev–Trinajstić information content (AvgIpc) is 2.59. The standard InChI is InChI=1S/C19H21N3O3S/c1-4-9-26-19-21-17-16(18(24)22-19)13(10-15(23)20-17)12-7-5-6-8-14(12)25-11(2)3/h4-8,11,13H,1,9-10H2,2-3H3,(H2,20,21,22,23,24)/t13-/m1/s1. The molecule has 0 bridgehead atoms. The predicted octanol–water partition coefficient (Wildman–Crippen LogP) is 3.31. The van der Waals surface area contributed by atoms with Gasteiger partial charge in [0.1, 0.15) is 11.6 Å². The number of rotatable bonds is 6. The average molecular weight is 371 g/mol. The molecule has 1 atom stereocenters. The van der Waals surface area contributed by atoms with Crippen LogP contribution in [0, 0.1) is 0 Å². The molecule has 1 aromatic carbocycles. The molecule has 2 heterocycles. The third-order valence-corrected chi connectivity index (χ3v) is 4.79. The molecule has 0 fully saturated rings. The second kappa shape index (κ2) is 7.78. The molecule has 0 spiro atoms. The van der Waals surface area contributed by atoms with Crippen LogP contribution in [0.3, 0.4) is 0 Å². The van der Waals surface area contributed by atoms with Crippen molar-refractivity contribution in [1.29, 1.82) is 0 Å². The minimum Gasteiger partial charge on any atom is -0.491 e. The SMILES string of the molecule is C=CCSc1nc2c(c(=O)[nH]1)[C@@H](c1ccccc1OC(C)C)CC(=O)N2. The van der Waals surface area contributed by atoms with Crippen molar-refractivity contribution in [2.24, 2.45) is 0 Å². The predicted molar refractivity (Wildman–Crippen MR) is 103 cm³/mol. The van der Waals surface area contributed by atoms with Crippen LogP contribution in [0.1, 0.15) is 37.3 Å². The monoisotopic (exact) mass is 371 g/mol. The number of carbonyl (C=O) groups excluding carboxylic acids is 1. The molecule has 0 saturated heterocycles. The van der Waals surface area contributed by atoms with E-state index >= 15 is 0 Å². The number of hydrogen-bond acceptors (Lipinski definition) is 5. The second-order valence-corrected chi connectivity index (χ2v) is 7.25. The Morgan fingerprint density at radius 2 is 2.15 bits per heavy atom. The molecule has 0 saturated carbocycles. The minimum atomic E-state index is -0.400. The number of amides is 1. The van der Waals surface area contributed by atoms with E-state index in [0.29, 0.717) is 28.0 Å². The van der Waals surface area contributed by atoms with Gasteiger partial charge in [-0.2, -0.15) is 0 Å². The summed E-state index contributed by atoms with van der Waals surface area (Å²) in [5.41, 5.74) is 1.04. The van der Waals surface area contributed by atoms with Crippen molar-refractivity contribution in [1.82, 2.24) is 9.97 Å². The first-order valence-electron chi connectivity index (χ1n) is 8.43. The molecule has 2 N–H and O–H groups in total. The Kier molecular flexibility index (Phi) is 5.46. The van der Waals surface area contributed by atoms with Crippen molar-refractivity contribution in [3.05, 3.63) is 58.4 Å². The van der Waals surface area contributed by atoms with E-state index in [1.165, 1.54) is 11.8 Å². The summed E-state index contributed by atoms with van der Waals surface area (Å²) in [6.07, 6.45) is 1.89. The van der Waals surface area contributed by atoms with Gasteiger partial charge in [0.05, 0.1) is 11.7 Å². The van der Waals surface area contributed by atoms with Crippen LogP contribution in [0.4, 0.5) is 5.82 Å². The molecule has 0 radical (unpaired) electrons. The number of fused-ring (bicyclic) bond motifs is 1. The van der Waals surface area contributed by atoms with Crippen molar-refractivity contribution >= 4 is 23.5 Å². The number of hydrogen-bond donors (Lipinski definition) is 2. The Hall–Kier alpha value is -2.54. The fourth-order valence-electron chi connectivity index (χ4n) is 2.95. The quantitative estimate of drug-likeness (QED) is 0.462. The topological polar surface area (TPSA) is 84.1 Å². The van der Waals surface area contributed by atoms with Gasteiger partial charge in [0.15, 0.2) is 5.16 Å². The number of H-pyrrole nitrogens is 1. The van der Waals surface area contributed by atoms with Crippen LogP contribution < -0.4 is 15.6 Å². The van der Waals surface area contributed by atoms with Gasteiger partial charge in [0.2, 0.25) is 5.91 Å². The van der Waals surface area contributed by atoms with E-state index in [0.717, 1.165) is 5.56 Å². The molecule has 7 heteroatoms. The largest absolute Gasteiger partial charge is 0.491 e. The van der Waals surface area contributed by atoms with Gasteiger partial charge >= 0.3 is 0 Å². The van der Waals surface area contributed by atoms with Gasteiger partial charge in [0.25, 0.3) is 5.56 Å². The highest BCUT2D eigenvalue weighted by Crippen LogP contribution is 2.38. The number of nitrogens with zero attached hydrogens (tertiary/aromatic N) is 1. The van der Waals surface area contributed by atoms with Gasteiger partial charge in [0, 0.05) is 23.7 Å². The number of benzene rings is 1. The number of carbonyl (C=O) groups is 1. The summed E-state index contributed by atoms with van der Waals surface area (Å²) in [4.78, 5) is 32.2. The normalized spacial score (nSPS) is 16.1. The van der Waals surface area contributed by atoms with E-state index in [-0.39, 0.29) is 24.0 Å². The lowest BCUT2D eigenvalue weighted by Crippen LogP contribution is -2.31. The number of nitrogens with one attached hydrogen (secondary N) is 2. The summed E-state index contributed by atoms with van der Waals surface area (Å²) in [6.45, 7) is 7.54. The van der Waals surface area contributed by atoms with Crippen LogP contribution in [-0.4, -0.2) is 27.7 Å². The lowest BCUT2D eigenvalue weighted by atomic mass is 9.86. The van der Waals surface area contributed by atoms with E-state index < -0.39 is 5.92 Å². The molecule has 1 aliphatic heterocycles. The third-order valence-electron chi connectivity index (χ3n) is 3.92. The Labute approximate surface area is 156 Å². The smallest absolute Gasteiger partial charge is 0.257 e. The summed E-state index contributed by atoms with van der Waals surface area (Å²) < 4.78 is 5.89. The first-order valence-corrected chi connectivity index (χ1v) is 9.41. The second-order valence-electron chi connectivity index (χ2n) is 6.24. The van der Waals surface area contributed by atoms with Crippen molar-refractivity contribution in [3.8, 4) is 5.75 Å². The zero-order chi connectivity index (χ0) is 18.7. The number of aromatic nitrogens is 2. The molecule has 1 aromatic heterocycles. The highest BCUT2D eigenvalue weighted by Gasteiger charge is 2.32. The highest BCUT2D eigenvalue weighted by atomic mass is 32.2. The number of thioether (sulfide) groups is 1. The van der Waals surface area contributed by atoms with Crippen molar-refractivity contribution in [2.45, 2.75) is 37.4 Å². The molecular weight excluding hydrogens is 350 g/mol. The fourth-order valence-corrected chi connectivity index (χ4v) is 3.55. The lowest BCUT2D eigenvalue weighted by Gasteiger charge is -2.26. The van der Waals surface area contributed by atoms with Gasteiger partial charge in [-0.25, -0.2) is 4.98 Å². The van der Waals surface area contributed by atoms with Crippen molar-refractivity contribution in [2.75, 3.05) is 11.1 Å². The maximum Gasteiger partial charge on any atom is 0.257 e. The summed E-state index contributed by atoms with van der Waals surface area (Å²) in [7, 11) is 0. The van der Waals surface area contributed by atoms with E-state index in [9.17, 15) is 9.59 Å². The van der Waals surface area contributed by atoms with Crippen LogP contribution in [0.5, 0.6) is 5.75 Å². The van der Waals surface area contributed by atoms with Crippen LogP contribution >= 0.6 is 11.8 Å². The maximum absolute atomic E-state index is 12.7. The van der Waals surface area contributed by atoms with Gasteiger partial charge in [-0.15, -0.1) is 6.58 Å². The van der Waals surface area contributed by atoms with Gasteiger partial charge in [-0.1, -0.05) is 36.0 Å².